The summed E-state index contributed by atoms with van der Waals surface area (Å²) in [6.45, 7) is 10.3. The number of likely N-dealkylation sites (tertiary alicyclic amines) is 1. The Morgan fingerprint density at radius 1 is 1.27 bits per heavy atom. The van der Waals surface area contributed by atoms with Crippen LogP contribution >= 0.6 is 0 Å². The molecule has 1 aromatic heterocycles. The van der Waals surface area contributed by atoms with E-state index in [1.165, 1.54) is 31.4 Å². The van der Waals surface area contributed by atoms with Gasteiger partial charge in [0.05, 0.1) is 0 Å². The zero-order chi connectivity index (χ0) is 18.7. The molecule has 1 aromatic rings. The maximum absolute atomic E-state index is 12.7. The Morgan fingerprint density at radius 2 is 2.04 bits per heavy atom. The molecular formula is C21H33N3O2. The molecule has 0 aromatic carbocycles. The van der Waals surface area contributed by atoms with E-state index in [-0.39, 0.29) is 12.1 Å². The first-order chi connectivity index (χ1) is 12.4. The second-order valence-electron chi connectivity index (χ2n) is 8.58. The second-order valence-corrected chi connectivity index (χ2v) is 8.58. The molecule has 1 aliphatic carbocycles. The summed E-state index contributed by atoms with van der Waals surface area (Å²) < 4.78 is 5.63. The van der Waals surface area contributed by atoms with E-state index in [1.54, 1.807) is 4.90 Å². The van der Waals surface area contributed by atoms with E-state index in [0.717, 1.165) is 25.8 Å². The number of carbonyl (C=O) groups excluding carboxylic acids is 1. The van der Waals surface area contributed by atoms with Crippen LogP contribution in [0.5, 0.6) is 0 Å². The van der Waals surface area contributed by atoms with E-state index in [0.29, 0.717) is 11.9 Å². The Labute approximate surface area is 157 Å². The van der Waals surface area contributed by atoms with Crippen LogP contribution in [0.2, 0.25) is 0 Å². The minimum atomic E-state index is -0.497. The highest BCUT2D eigenvalue weighted by Gasteiger charge is 2.34. The SMILES string of the molecule is CCCN1CCC[C@H]1c1ccc(N(C(=O)OC(C)(C)C)C2CCC2)nc1. The van der Waals surface area contributed by atoms with Gasteiger partial charge in [0.1, 0.15) is 11.4 Å². The topological polar surface area (TPSA) is 45.7 Å². The molecule has 0 spiro atoms. The standard InChI is InChI=1S/C21H33N3O2/c1-5-13-23-14-7-10-18(23)16-11-12-19(22-15-16)24(17-8-6-9-17)20(25)26-21(2,3)4/h11-12,15,17-18H,5-10,13-14H2,1-4H3/t18-/m0/s1. The van der Waals surface area contributed by atoms with Gasteiger partial charge in [-0.3, -0.25) is 9.80 Å². The minimum absolute atomic E-state index is 0.214. The molecule has 1 aliphatic heterocycles. The Hall–Kier alpha value is -1.62. The number of nitrogens with zero attached hydrogens (tertiary/aromatic N) is 3. The molecule has 1 atom stereocenters. The number of amides is 1. The number of anilines is 1. The van der Waals surface area contributed by atoms with Crippen LogP contribution in [0.15, 0.2) is 18.3 Å². The molecule has 0 N–H and O–H groups in total. The zero-order valence-electron chi connectivity index (χ0n) is 16.7. The molecule has 144 valence electrons. The average Bonchev–Trinajstić information content (AvgIpc) is 2.98. The van der Waals surface area contributed by atoms with Crippen molar-refractivity contribution < 1.29 is 9.53 Å². The number of aromatic nitrogens is 1. The Bertz CT molecular complexity index is 605. The summed E-state index contributed by atoms with van der Waals surface area (Å²) in [6, 6.07) is 4.83. The summed E-state index contributed by atoms with van der Waals surface area (Å²) in [7, 11) is 0. The maximum atomic E-state index is 12.7. The van der Waals surface area contributed by atoms with E-state index < -0.39 is 5.60 Å². The first-order valence-corrected chi connectivity index (χ1v) is 10.1. The second kappa shape index (κ2) is 7.95. The van der Waals surface area contributed by atoms with Crippen molar-refractivity contribution in [2.24, 2.45) is 0 Å². The van der Waals surface area contributed by atoms with Gasteiger partial charge in [0.15, 0.2) is 0 Å². The van der Waals surface area contributed by atoms with Gasteiger partial charge in [-0.1, -0.05) is 13.0 Å². The molecule has 26 heavy (non-hydrogen) atoms. The summed E-state index contributed by atoms with van der Waals surface area (Å²) in [5.41, 5.74) is 0.765. The van der Waals surface area contributed by atoms with Crippen molar-refractivity contribution in [2.75, 3.05) is 18.0 Å². The van der Waals surface area contributed by atoms with Crippen LogP contribution in [0.25, 0.3) is 0 Å². The predicted molar refractivity (Wildman–Crippen MR) is 104 cm³/mol. The smallest absolute Gasteiger partial charge is 0.416 e. The van der Waals surface area contributed by atoms with Crippen LogP contribution in [-0.4, -0.2) is 40.7 Å². The van der Waals surface area contributed by atoms with Crippen molar-refractivity contribution in [3.8, 4) is 0 Å². The van der Waals surface area contributed by atoms with Crippen LogP contribution in [0.3, 0.4) is 0 Å². The molecule has 5 heteroatoms. The van der Waals surface area contributed by atoms with Gasteiger partial charge in [0, 0.05) is 18.3 Å². The number of rotatable bonds is 5. The fourth-order valence-corrected chi connectivity index (χ4v) is 3.88. The Morgan fingerprint density at radius 3 is 2.58 bits per heavy atom. The summed E-state index contributed by atoms with van der Waals surface area (Å²) >= 11 is 0. The van der Waals surface area contributed by atoms with Gasteiger partial charge in [-0.25, -0.2) is 9.78 Å². The fourth-order valence-electron chi connectivity index (χ4n) is 3.88. The molecule has 1 amide bonds. The lowest BCUT2D eigenvalue weighted by Crippen LogP contribution is -2.47. The summed E-state index contributed by atoms with van der Waals surface area (Å²) in [5, 5.41) is 0. The normalized spacial score (nSPS) is 21.5. The third-order valence-corrected chi connectivity index (χ3v) is 5.31. The Kier molecular flexibility index (Phi) is 5.86. The molecule has 5 nitrogen and oxygen atoms in total. The third kappa shape index (κ3) is 4.37. The van der Waals surface area contributed by atoms with Gasteiger partial charge >= 0.3 is 6.09 Å². The molecular weight excluding hydrogens is 326 g/mol. The molecule has 3 rings (SSSR count). The van der Waals surface area contributed by atoms with Gasteiger partial charge in [0.25, 0.3) is 0 Å². The first kappa shape index (κ1) is 19.2. The lowest BCUT2D eigenvalue weighted by atomic mass is 9.91. The third-order valence-electron chi connectivity index (χ3n) is 5.31. The van der Waals surface area contributed by atoms with Crippen molar-refractivity contribution in [1.82, 2.24) is 9.88 Å². The van der Waals surface area contributed by atoms with Gasteiger partial charge in [0.2, 0.25) is 0 Å². The summed E-state index contributed by atoms with van der Waals surface area (Å²) in [5.74, 6) is 0.715. The molecule has 1 saturated heterocycles. The van der Waals surface area contributed by atoms with Gasteiger partial charge in [-0.2, -0.15) is 0 Å². The van der Waals surface area contributed by atoms with E-state index in [1.807, 2.05) is 33.0 Å². The van der Waals surface area contributed by atoms with E-state index in [9.17, 15) is 4.79 Å². The monoisotopic (exact) mass is 359 g/mol. The molecule has 0 radical (unpaired) electrons. The zero-order valence-corrected chi connectivity index (χ0v) is 16.7. The predicted octanol–water partition coefficient (Wildman–Crippen LogP) is 4.92. The van der Waals surface area contributed by atoms with Crippen LogP contribution in [-0.2, 0) is 4.74 Å². The highest BCUT2D eigenvalue weighted by Crippen LogP contribution is 2.34. The van der Waals surface area contributed by atoms with Crippen LogP contribution in [0.4, 0.5) is 10.6 Å². The Balaban J connectivity index is 1.76. The van der Waals surface area contributed by atoms with Crippen molar-refractivity contribution in [3.05, 3.63) is 23.9 Å². The number of carbonyl (C=O) groups is 1. The summed E-state index contributed by atoms with van der Waals surface area (Å²) in [4.78, 5) is 21.7. The summed E-state index contributed by atoms with van der Waals surface area (Å²) in [6.07, 6.45) is 8.51. The van der Waals surface area contributed by atoms with Crippen molar-refractivity contribution >= 4 is 11.9 Å². The largest absolute Gasteiger partial charge is 0.443 e. The first-order valence-electron chi connectivity index (χ1n) is 10.1. The molecule has 0 bridgehead atoms. The van der Waals surface area contributed by atoms with Crippen LogP contribution in [0.1, 0.15) is 77.8 Å². The number of hydrogen-bond donors (Lipinski definition) is 0. The number of hydrogen-bond acceptors (Lipinski definition) is 4. The fraction of sp³-hybridized carbons (Fsp3) is 0.714. The average molecular weight is 360 g/mol. The molecule has 2 heterocycles. The highest BCUT2D eigenvalue weighted by molar-refractivity contribution is 5.87. The highest BCUT2D eigenvalue weighted by atomic mass is 16.6. The number of pyridine rings is 1. The minimum Gasteiger partial charge on any atom is -0.443 e. The van der Waals surface area contributed by atoms with Gasteiger partial charge in [-0.15, -0.1) is 0 Å². The van der Waals surface area contributed by atoms with E-state index in [4.69, 9.17) is 4.74 Å². The van der Waals surface area contributed by atoms with Crippen LogP contribution < -0.4 is 4.90 Å². The maximum Gasteiger partial charge on any atom is 0.416 e. The van der Waals surface area contributed by atoms with Gasteiger partial charge < -0.3 is 4.74 Å². The molecule has 0 unspecified atom stereocenters. The van der Waals surface area contributed by atoms with Crippen molar-refractivity contribution in [3.63, 3.8) is 0 Å². The van der Waals surface area contributed by atoms with Crippen LogP contribution in [0, 0.1) is 0 Å². The molecule has 2 aliphatic rings. The van der Waals surface area contributed by atoms with Crippen molar-refractivity contribution in [1.29, 1.82) is 0 Å². The lowest BCUT2D eigenvalue weighted by Gasteiger charge is -2.37. The molecule has 1 saturated carbocycles. The van der Waals surface area contributed by atoms with E-state index in [2.05, 4.69) is 22.9 Å². The van der Waals surface area contributed by atoms with Gasteiger partial charge in [-0.05, 0) is 84.0 Å². The quantitative estimate of drug-likeness (QED) is 0.748. The van der Waals surface area contributed by atoms with Crippen molar-refractivity contribution in [2.45, 2.75) is 83.9 Å². The lowest BCUT2D eigenvalue weighted by molar-refractivity contribution is 0.0548. The van der Waals surface area contributed by atoms with E-state index >= 15 is 0 Å². The molecule has 2 fully saturated rings. The number of ether oxygens (including phenoxy) is 1.